The van der Waals surface area contributed by atoms with Crippen molar-refractivity contribution in [1.29, 1.82) is 0 Å². The van der Waals surface area contributed by atoms with Gasteiger partial charge in [-0.3, -0.25) is 0 Å². The van der Waals surface area contributed by atoms with E-state index in [1.165, 1.54) is 0 Å². The zero-order chi connectivity index (χ0) is 11.1. The monoisotopic (exact) mass is 365 g/mol. The van der Waals surface area contributed by atoms with E-state index in [0.29, 0.717) is 0 Å². The Morgan fingerprint density at radius 2 is 1.71 bits per heavy atom. The minimum Gasteiger partial charge on any atom is -0.577 e. The van der Waals surface area contributed by atoms with Gasteiger partial charge >= 0.3 is 21.1 Å². The van der Waals surface area contributed by atoms with Crippen LogP contribution in [0.25, 0.3) is 5.59 Å². The summed E-state index contributed by atoms with van der Waals surface area (Å²) in [7, 11) is 0. The van der Waals surface area contributed by atoms with Crippen molar-refractivity contribution in [1.82, 2.24) is 0 Å². The molecule has 0 aromatic rings. The summed E-state index contributed by atoms with van der Waals surface area (Å²) in [5.41, 5.74) is 6.88. The van der Waals surface area contributed by atoms with Crippen molar-refractivity contribution in [3.05, 3.63) is 47.0 Å². The number of nitrogens with zero attached hydrogens (tertiary/aromatic N) is 1. The Labute approximate surface area is 97.8 Å². The number of hydrogen-bond acceptors (Lipinski definition) is 3. The predicted molar refractivity (Wildman–Crippen MR) is 51.7 cm³/mol. The summed E-state index contributed by atoms with van der Waals surface area (Å²) in [6, 6.07) is 0. The molecule has 0 aromatic carbocycles. The Balaban J connectivity index is -0.0000000625. The van der Waals surface area contributed by atoms with Gasteiger partial charge in [0.1, 0.15) is 13.6 Å². The van der Waals surface area contributed by atoms with Gasteiger partial charge in [0.15, 0.2) is 0 Å². The number of allylic oxidation sites excluding steroid dienone is 5. The van der Waals surface area contributed by atoms with E-state index in [0.717, 1.165) is 12.0 Å². The summed E-state index contributed by atoms with van der Waals surface area (Å²) in [4.78, 5) is 23.2. The largest absolute Gasteiger partial charge is 2.00 e. The van der Waals surface area contributed by atoms with Crippen LogP contribution in [0.5, 0.6) is 0 Å². The molecule has 0 spiro atoms. The van der Waals surface area contributed by atoms with E-state index in [1.807, 2.05) is 25.7 Å². The van der Waals surface area contributed by atoms with Gasteiger partial charge in [-0.15, -0.1) is 6.08 Å². The van der Waals surface area contributed by atoms with Gasteiger partial charge < -0.3 is 20.1 Å². The maximum absolute atomic E-state index is 8.00. The second kappa shape index (κ2) is 29.7. The molecule has 0 fully saturated rings. The summed E-state index contributed by atoms with van der Waals surface area (Å²) in [6.07, 6.45) is 9.95. The normalized spacial score (nSPS) is 9.29. The van der Waals surface area contributed by atoms with Crippen molar-refractivity contribution in [2.24, 2.45) is 0 Å². The van der Waals surface area contributed by atoms with Crippen molar-refractivity contribution in [3.63, 3.8) is 0 Å². The third kappa shape index (κ3) is 17.1. The van der Waals surface area contributed by atoms with E-state index in [1.54, 1.807) is 0 Å². The Morgan fingerprint density at radius 1 is 1.29 bits per heavy atom. The van der Waals surface area contributed by atoms with Crippen LogP contribution >= 0.6 is 0 Å². The Morgan fingerprint density at radius 3 is 1.86 bits per heavy atom. The molecule has 0 unspecified atom stereocenters. The fourth-order valence-corrected chi connectivity index (χ4v) is 0.562. The maximum Gasteiger partial charge on any atom is 2.00 e. The first-order valence-electron chi connectivity index (χ1n) is 3.09. The van der Waals surface area contributed by atoms with Crippen LogP contribution in [0, 0.1) is 11.0 Å². The maximum atomic E-state index is 8.00. The van der Waals surface area contributed by atoms with Crippen LogP contribution in [0.1, 0.15) is 6.42 Å². The number of nitroso groups, excluding NO2 is 1. The van der Waals surface area contributed by atoms with E-state index < -0.39 is 0 Å². The molecule has 0 aromatic heterocycles. The van der Waals surface area contributed by atoms with Crippen LogP contribution < -0.4 is 0 Å². The molecule has 0 N–H and O–H groups in total. The standard InChI is InChI=1S/C7H7.2CH2O.NO.W/c1-2-7-5-3-4-6-7;3*1-2;/h2-3,5H,1,4H2;2*1H2;;/q-1;;;-1;+2. The van der Waals surface area contributed by atoms with Crippen molar-refractivity contribution in [2.45, 2.75) is 6.42 Å². The number of hydrogen-bond donors (Lipinski definition) is 0. The molecule has 0 radical (unpaired) electrons. The number of carbonyl (C=O) groups excluding carboxylic acids is 2. The zero-order valence-electron chi connectivity index (χ0n) is 7.64. The molecule has 76 valence electrons. The molecule has 1 rings (SSSR count). The van der Waals surface area contributed by atoms with Crippen LogP contribution in [0.15, 0.2) is 30.4 Å². The topological polar surface area (TPSA) is 73.5 Å². The molecule has 0 bridgehead atoms. The van der Waals surface area contributed by atoms with Crippen molar-refractivity contribution >= 4 is 13.6 Å². The van der Waals surface area contributed by atoms with Gasteiger partial charge in [0, 0.05) is 0 Å². The van der Waals surface area contributed by atoms with Gasteiger partial charge in [-0.2, -0.15) is 30.4 Å². The molecule has 1 aliphatic rings. The first kappa shape index (κ1) is 23.0. The van der Waals surface area contributed by atoms with Crippen molar-refractivity contribution in [3.8, 4) is 0 Å². The van der Waals surface area contributed by atoms with Crippen molar-refractivity contribution in [2.75, 3.05) is 0 Å². The first-order valence-corrected chi connectivity index (χ1v) is 3.09. The Hall–Kier alpha value is -1.15. The summed E-state index contributed by atoms with van der Waals surface area (Å²) in [5.74, 6) is 0. The SMILES string of the molecule is C=CC1=[C-]CC=C1.C=O.C=O.[N-]=O.[W+2]. The number of rotatable bonds is 1. The minimum absolute atomic E-state index is 0. The van der Waals surface area contributed by atoms with Gasteiger partial charge in [-0.25, -0.2) is 0 Å². The molecule has 0 saturated heterocycles. The van der Waals surface area contributed by atoms with E-state index in [-0.39, 0.29) is 21.1 Å². The average Bonchev–Trinajstić information content (AvgIpc) is 2.79. The van der Waals surface area contributed by atoms with E-state index in [9.17, 15) is 0 Å². The fraction of sp³-hybridized carbons (Fsp3) is 0.111. The summed E-state index contributed by atoms with van der Waals surface area (Å²) < 4.78 is 0. The third-order valence-corrected chi connectivity index (χ3v) is 0.941. The van der Waals surface area contributed by atoms with Crippen LogP contribution in [-0.4, -0.2) is 13.6 Å². The molecule has 0 atom stereocenters. The molecular weight excluding hydrogens is 354 g/mol. The van der Waals surface area contributed by atoms with Gasteiger partial charge in [0.05, 0.1) is 0 Å². The molecule has 14 heavy (non-hydrogen) atoms. The molecule has 4 nitrogen and oxygen atoms in total. The smallest absolute Gasteiger partial charge is 0.577 e. The second-order valence-corrected chi connectivity index (χ2v) is 1.44. The van der Waals surface area contributed by atoms with E-state index in [4.69, 9.17) is 20.1 Å². The summed E-state index contributed by atoms with van der Waals surface area (Å²) in [5, 5.41) is 0. The molecular formula is C9H11NO3W. The van der Waals surface area contributed by atoms with E-state index in [2.05, 4.69) is 18.7 Å². The van der Waals surface area contributed by atoms with Gasteiger partial charge in [-0.05, 0) is 0 Å². The zero-order valence-corrected chi connectivity index (χ0v) is 10.6. The van der Waals surface area contributed by atoms with Crippen molar-refractivity contribution < 1.29 is 30.7 Å². The molecule has 0 amide bonds. The minimum atomic E-state index is 0. The quantitative estimate of drug-likeness (QED) is 0.666. The Bertz CT molecular complexity index is 176. The second-order valence-electron chi connectivity index (χ2n) is 1.44. The van der Waals surface area contributed by atoms with Crippen LogP contribution in [0.2, 0.25) is 0 Å². The van der Waals surface area contributed by atoms with Crippen LogP contribution in [-0.2, 0) is 30.7 Å². The molecule has 0 aliphatic heterocycles. The summed E-state index contributed by atoms with van der Waals surface area (Å²) >= 11 is 0. The molecule has 0 heterocycles. The average molecular weight is 365 g/mol. The number of carbonyl (C=O) groups is 2. The third-order valence-electron chi connectivity index (χ3n) is 0.941. The fourth-order valence-electron chi connectivity index (χ4n) is 0.562. The molecule has 5 heteroatoms. The van der Waals surface area contributed by atoms with E-state index >= 15 is 0 Å². The van der Waals surface area contributed by atoms with Crippen LogP contribution in [0.4, 0.5) is 0 Å². The Kier molecular flexibility index (Phi) is 48.9. The van der Waals surface area contributed by atoms with Gasteiger partial charge in [-0.1, -0.05) is 6.42 Å². The molecule has 1 aliphatic carbocycles. The van der Waals surface area contributed by atoms with Crippen LogP contribution in [0.3, 0.4) is 0 Å². The molecule has 0 saturated carbocycles. The summed E-state index contributed by atoms with van der Waals surface area (Å²) in [6.45, 7) is 7.59. The first-order chi connectivity index (χ1) is 6.43. The van der Waals surface area contributed by atoms with Gasteiger partial charge in [0.2, 0.25) is 0 Å². The predicted octanol–water partition coefficient (Wildman–Crippen LogP) is 1.81. The van der Waals surface area contributed by atoms with Gasteiger partial charge in [0.25, 0.3) is 0 Å².